The minimum Gasteiger partial charge on any atom is -0.462 e. The van der Waals surface area contributed by atoms with Gasteiger partial charge in [0, 0.05) is 26.2 Å². The highest BCUT2D eigenvalue weighted by Gasteiger charge is 2.35. The molecule has 0 aromatic heterocycles. The second-order valence-corrected chi connectivity index (χ2v) is 3.87. The Kier molecular flexibility index (Phi) is 3.88. The Labute approximate surface area is 89.9 Å². The first-order valence-corrected chi connectivity index (χ1v) is 5.15. The van der Waals surface area contributed by atoms with Crippen LogP contribution in [0.4, 0.5) is 0 Å². The van der Waals surface area contributed by atoms with Gasteiger partial charge in [-0.05, 0) is 19.8 Å². The van der Waals surface area contributed by atoms with Crippen molar-refractivity contribution in [2.24, 2.45) is 5.92 Å². The molecule has 0 radical (unpaired) electrons. The predicted molar refractivity (Wildman–Crippen MR) is 56.1 cm³/mol. The van der Waals surface area contributed by atoms with Crippen LogP contribution >= 0.6 is 0 Å². The molecule has 0 heterocycles. The molecular formula is C11H17NO3. The van der Waals surface area contributed by atoms with E-state index in [1.165, 1.54) is 0 Å². The van der Waals surface area contributed by atoms with Crippen LogP contribution in [0.2, 0.25) is 0 Å². The normalized spacial score (nSPS) is 16.1. The molecule has 84 valence electrons. The zero-order chi connectivity index (χ0) is 11.4. The van der Waals surface area contributed by atoms with Gasteiger partial charge in [-0.15, -0.1) is 0 Å². The zero-order valence-electron chi connectivity index (χ0n) is 9.45. The maximum Gasteiger partial charge on any atom is 0.343 e. The van der Waals surface area contributed by atoms with E-state index in [0.29, 0.717) is 6.61 Å². The van der Waals surface area contributed by atoms with Gasteiger partial charge in [0.2, 0.25) is 0 Å². The molecule has 0 spiro atoms. The first-order valence-electron chi connectivity index (χ1n) is 5.15. The molecule has 0 aromatic carbocycles. The predicted octanol–water partition coefficient (Wildman–Crippen LogP) is 0.974. The second kappa shape index (κ2) is 4.96. The average molecular weight is 211 g/mol. The van der Waals surface area contributed by atoms with E-state index in [9.17, 15) is 9.59 Å². The summed E-state index contributed by atoms with van der Waals surface area (Å²) < 4.78 is 4.85. The van der Waals surface area contributed by atoms with Gasteiger partial charge in [0.25, 0.3) is 0 Å². The lowest BCUT2D eigenvalue weighted by molar-refractivity contribution is -0.140. The molecule has 1 aliphatic rings. The number of carbonyl (C=O) groups excluding carboxylic acids is 2. The number of hydrogen-bond donors (Lipinski definition) is 0. The van der Waals surface area contributed by atoms with Crippen LogP contribution in [0.1, 0.15) is 19.8 Å². The molecule has 0 unspecified atom stereocenters. The quantitative estimate of drug-likeness (QED) is 0.294. The molecule has 0 bridgehead atoms. The van der Waals surface area contributed by atoms with Crippen LogP contribution < -0.4 is 0 Å². The number of ether oxygens (including phenoxy) is 1. The second-order valence-electron chi connectivity index (χ2n) is 3.87. The van der Waals surface area contributed by atoms with Gasteiger partial charge < -0.3 is 9.64 Å². The summed E-state index contributed by atoms with van der Waals surface area (Å²) in [7, 11) is 3.55. The number of nitrogens with zero attached hydrogens (tertiary/aromatic N) is 1. The van der Waals surface area contributed by atoms with Crippen LogP contribution in [-0.2, 0) is 14.3 Å². The summed E-state index contributed by atoms with van der Waals surface area (Å²) in [4.78, 5) is 25.0. The number of ketones is 1. The highest BCUT2D eigenvalue weighted by Crippen LogP contribution is 2.32. The Bertz CT molecular complexity index is 290. The van der Waals surface area contributed by atoms with E-state index in [1.54, 1.807) is 32.1 Å². The molecule has 0 aromatic rings. The van der Waals surface area contributed by atoms with Crippen LogP contribution in [0.15, 0.2) is 11.8 Å². The molecule has 15 heavy (non-hydrogen) atoms. The number of rotatable bonds is 5. The summed E-state index contributed by atoms with van der Waals surface area (Å²) in [6, 6.07) is 0. The third-order valence-electron chi connectivity index (χ3n) is 2.10. The van der Waals surface area contributed by atoms with Crippen molar-refractivity contribution in [3.8, 4) is 0 Å². The summed E-state index contributed by atoms with van der Waals surface area (Å²) in [5.41, 5.74) is 0.171. The molecule has 0 atom stereocenters. The van der Waals surface area contributed by atoms with E-state index in [1.807, 2.05) is 0 Å². The minimum atomic E-state index is -0.511. The molecule has 1 fully saturated rings. The Morgan fingerprint density at radius 1 is 1.40 bits per heavy atom. The van der Waals surface area contributed by atoms with Crippen molar-refractivity contribution in [1.29, 1.82) is 0 Å². The fraction of sp³-hybridized carbons (Fsp3) is 0.636. The zero-order valence-corrected chi connectivity index (χ0v) is 9.45. The van der Waals surface area contributed by atoms with Crippen LogP contribution in [0.25, 0.3) is 0 Å². The Morgan fingerprint density at radius 3 is 2.40 bits per heavy atom. The van der Waals surface area contributed by atoms with E-state index in [4.69, 9.17) is 4.74 Å². The highest BCUT2D eigenvalue weighted by atomic mass is 16.5. The minimum absolute atomic E-state index is 0.0422. The molecule has 0 N–H and O–H groups in total. The summed E-state index contributed by atoms with van der Waals surface area (Å²) in [6.07, 6.45) is 3.32. The van der Waals surface area contributed by atoms with Crippen molar-refractivity contribution in [1.82, 2.24) is 4.90 Å². The van der Waals surface area contributed by atoms with Gasteiger partial charge in [-0.3, -0.25) is 4.79 Å². The van der Waals surface area contributed by atoms with Crippen LogP contribution in [0.3, 0.4) is 0 Å². The topological polar surface area (TPSA) is 46.6 Å². The van der Waals surface area contributed by atoms with Gasteiger partial charge in [-0.1, -0.05) is 0 Å². The first kappa shape index (κ1) is 11.8. The fourth-order valence-electron chi connectivity index (χ4n) is 1.25. The number of Topliss-reactive ketones (excluding diaryl/α,β-unsaturated/α-hetero) is 1. The fourth-order valence-corrected chi connectivity index (χ4v) is 1.25. The Balaban J connectivity index is 2.76. The van der Waals surface area contributed by atoms with Gasteiger partial charge >= 0.3 is 5.97 Å². The number of esters is 1. The van der Waals surface area contributed by atoms with E-state index in [0.717, 1.165) is 12.8 Å². The number of hydrogen-bond acceptors (Lipinski definition) is 4. The SMILES string of the molecule is CCOC(=O)/C(=C/N(C)C)C(=O)C1CC1. The molecule has 0 saturated heterocycles. The summed E-state index contributed by atoms with van der Waals surface area (Å²) in [5, 5.41) is 0. The Morgan fingerprint density at radius 2 is 2.00 bits per heavy atom. The van der Waals surface area contributed by atoms with Crippen LogP contribution in [0.5, 0.6) is 0 Å². The third kappa shape index (κ3) is 3.38. The molecular weight excluding hydrogens is 194 g/mol. The standard InChI is InChI=1S/C11H17NO3/c1-4-15-11(14)9(7-12(2)3)10(13)8-5-6-8/h7-8H,4-6H2,1-3H3/b9-7+. The van der Waals surface area contributed by atoms with Crippen molar-refractivity contribution in [3.05, 3.63) is 11.8 Å². The highest BCUT2D eigenvalue weighted by molar-refractivity contribution is 6.18. The average Bonchev–Trinajstić information content (AvgIpc) is 2.96. The molecule has 1 rings (SSSR count). The lowest BCUT2D eigenvalue weighted by Crippen LogP contribution is -2.20. The third-order valence-corrected chi connectivity index (χ3v) is 2.10. The monoisotopic (exact) mass is 211 g/mol. The molecule has 0 amide bonds. The van der Waals surface area contributed by atoms with E-state index >= 15 is 0 Å². The van der Waals surface area contributed by atoms with E-state index < -0.39 is 5.97 Å². The van der Waals surface area contributed by atoms with Gasteiger partial charge in [-0.2, -0.15) is 0 Å². The van der Waals surface area contributed by atoms with Crippen molar-refractivity contribution in [2.75, 3.05) is 20.7 Å². The first-order chi connectivity index (χ1) is 7.06. The van der Waals surface area contributed by atoms with E-state index in [-0.39, 0.29) is 17.3 Å². The maximum absolute atomic E-state index is 11.8. The van der Waals surface area contributed by atoms with Gasteiger partial charge in [0.05, 0.1) is 6.61 Å². The summed E-state index contributed by atoms with van der Waals surface area (Å²) in [6.45, 7) is 2.02. The van der Waals surface area contributed by atoms with Gasteiger partial charge in [-0.25, -0.2) is 4.79 Å². The van der Waals surface area contributed by atoms with Gasteiger partial charge in [0.15, 0.2) is 5.78 Å². The smallest absolute Gasteiger partial charge is 0.343 e. The number of carbonyl (C=O) groups is 2. The van der Waals surface area contributed by atoms with Crippen molar-refractivity contribution in [2.45, 2.75) is 19.8 Å². The summed E-state index contributed by atoms with van der Waals surface area (Å²) >= 11 is 0. The summed E-state index contributed by atoms with van der Waals surface area (Å²) in [5.74, 6) is -0.550. The van der Waals surface area contributed by atoms with Crippen molar-refractivity contribution >= 4 is 11.8 Å². The molecule has 0 aliphatic heterocycles. The van der Waals surface area contributed by atoms with Crippen LogP contribution in [0, 0.1) is 5.92 Å². The van der Waals surface area contributed by atoms with Crippen molar-refractivity contribution < 1.29 is 14.3 Å². The molecule has 4 nitrogen and oxygen atoms in total. The molecule has 1 aliphatic carbocycles. The van der Waals surface area contributed by atoms with Gasteiger partial charge in [0.1, 0.15) is 5.57 Å². The lowest BCUT2D eigenvalue weighted by Gasteiger charge is -2.09. The maximum atomic E-state index is 11.8. The van der Waals surface area contributed by atoms with Crippen LogP contribution in [-0.4, -0.2) is 37.4 Å². The largest absolute Gasteiger partial charge is 0.462 e. The lowest BCUT2D eigenvalue weighted by atomic mass is 10.1. The van der Waals surface area contributed by atoms with Crippen molar-refractivity contribution in [3.63, 3.8) is 0 Å². The Hall–Kier alpha value is -1.32. The molecule has 1 saturated carbocycles. The molecule has 4 heteroatoms. The van der Waals surface area contributed by atoms with E-state index in [2.05, 4.69) is 0 Å².